The number of carbonyl (C=O) groups is 1. The summed E-state index contributed by atoms with van der Waals surface area (Å²) in [5, 5.41) is 22.8. The smallest absolute Gasteiger partial charge is 0.303 e. The summed E-state index contributed by atoms with van der Waals surface area (Å²) >= 11 is 0. The van der Waals surface area contributed by atoms with E-state index in [4.69, 9.17) is 28.4 Å². The van der Waals surface area contributed by atoms with E-state index in [9.17, 15) is 15.0 Å². The maximum absolute atomic E-state index is 12.1. The van der Waals surface area contributed by atoms with Gasteiger partial charge in [-0.2, -0.15) is 0 Å². The van der Waals surface area contributed by atoms with Crippen LogP contribution in [0.1, 0.15) is 44.1 Å². The third-order valence-electron chi connectivity index (χ3n) is 6.51. The van der Waals surface area contributed by atoms with Crippen molar-refractivity contribution in [2.75, 3.05) is 35.5 Å². The van der Waals surface area contributed by atoms with Crippen molar-refractivity contribution in [3.63, 3.8) is 0 Å². The zero-order chi connectivity index (χ0) is 25.3. The summed E-state index contributed by atoms with van der Waals surface area (Å²) in [6.07, 6.45) is -1.83. The number of aromatic hydroxyl groups is 1. The number of fused-ring (bicyclic) bond motifs is 3. The molecule has 9 nitrogen and oxygen atoms in total. The molecule has 186 valence electrons. The Bertz CT molecular complexity index is 1080. The second-order valence-electron chi connectivity index (χ2n) is 8.23. The van der Waals surface area contributed by atoms with Crippen LogP contribution < -0.4 is 23.7 Å². The van der Waals surface area contributed by atoms with Crippen molar-refractivity contribution in [2.45, 2.75) is 33.0 Å². The van der Waals surface area contributed by atoms with E-state index in [0.29, 0.717) is 22.4 Å². The van der Waals surface area contributed by atoms with Gasteiger partial charge in [-0.05, 0) is 23.6 Å². The maximum atomic E-state index is 12.1. The van der Waals surface area contributed by atoms with Gasteiger partial charge in [0.05, 0.1) is 41.7 Å². The van der Waals surface area contributed by atoms with Gasteiger partial charge in [-0.1, -0.05) is 13.8 Å². The van der Waals surface area contributed by atoms with Crippen LogP contribution in [0.4, 0.5) is 0 Å². The lowest BCUT2D eigenvalue weighted by Crippen LogP contribution is -2.28. The zero-order valence-electron chi connectivity index (χ0n) is 20.7. The third kappa shape index (κ3) is 3.94. The first-order chi connectivity index (χ1) is 16.2. The van der Waals surface area contributed by atoms with Gasteiger partial charge >= 0.3 is 5.97 Å². The van der Waals surface area contributed by atoms with Gasteiger partial charge in [-0.25, -0.2) is 0 Å². The number of hydrogen-bond acceptors (Lipinski definition) is 9. The molecule has 9 heteroatoms. The first kappa shape index (κ1) is 25.3. The first-order valence-corrected chi connectivity index (χ1v) is 10.8. The lowest BCUT2D eigenvalue weighted by Gasteiger charge is -2.37. The van der Waals surface area contributed by atoms with Crippen molar-refractivity contribution in [3.8, 4) is 45.6 Å². The SMILES string of the molecule is COc1cc2c(c(O)c1OC)-c1c(cc(OC)c(OC)c1OC)[C@H](OC(C)=O)[C@H](C)[C@@H](C)[C@@H]2O. The van der Waals surface area contributed by atoms with Crippen LogP contribution in [0, 0.1) is 11.8 Å². The van der Waals surface area contributed by atoms with Crippen molar-refractivity contribution < 1.29 is 43.4 Å². The molecule has 0 heterocycles. The molecule has 0 fully saturated rings. The van der Waals surface area contributed by atoms with Gasteiger partial charge in [0.1, 0.15) is 6.10 Å². The van der Waals surface area contributed by atoms with Gasteiger partial charge in [0.15, 0.2) is 23.0 Å². The van der Waals surface area contributed by atoms with Crippen LogP contribution in [0.2, 0.25) is 0 Å². The molecule has 0 aromatic heterocycles. The lowest BCUT2D eigenvalue weighted by atomic mass is 9.74. The lowest BCUT2D eigenvalue weighted by molar-refractivity contribution is -0.151. The molecule has 0 saturated carbocycles. The average molecular weight is 477 g/mol. The summed E-state index contributed by atoms with van der Waals surface area (Å²) in [6, 6.07) is 3.33. The molecule has 1 aliphatic carbocycles. The Morgan fingerprint density at radius 1 is 0.765 bits per heavy atom. The molecule has 0 unspecified atom stereocenters. The fourth-order valence-electron chi connectivity index (χ4n) is 4.63. The molecule has 2 N–H and O–H groups in total. The third-order valence-corrected chi connectivity index (χ3v) is 6.51. The van der Waals surface area contributed by atoms with E-state index in [1.54, 1.807) is 12.1 Å². The van der Waals surface area contributed by atoms with Gasteiger partial charge in [0.2, 0.25) is 11.5 Å². The molecule has 0 radical (unpaired) electrons. The van der Waals surface area contributed by atoms with E-state index in [1.807, 2.05) is 13.8 Å². The largest absolute Gasteiger partial charge is 0.504 e. The molecule has 3 rings (SSSR count). The van der Waals surface area contributed by atoms with Crippen molar-refractivity contribution in [3.05, 3.63) is 23.3 Å². The molecular weight excluding hydrogens is 444 g/mol. The highest BCUT2D eigenvalue weighted by Crippen LogP contribution is 2.59. The molecule has 0 spiro atoms. The Morgan fingerprint density at radius 3 is 1.79 bits per heavy atom. The molecule has 0 saturated heterocycles. The van der Waals surface area contributed by atoms with Crippen molar-refractivity contribution in [2.24, 2.45) is 11.8 Å². The number of esters is 1. The highest BCUT2D eigenvalue weighted by molar-refractivity contribution is 5.89. The molecule has 2 aromatic rings. The van der Waals surface area contributed by atoms with Crippen molar-refractivity contribution in [1.29, 1.82) is 0 Å². The highest BCUT2D eigenvalue weighted by atomic mass is 16.5. The van der Waals surface area contributed by atoms with Crippen LogP contribution in [-0.4, -0.2) is 51.7 Å². The topological polar surface area (TPSA) is 113 Å². The number of hydrogen-bond donors (Lipinski definition) is 2. The minimum absolute atomic E-state index is 0.0848. The van der Waals surface area contributed by atoms with E-state index in [1.165, 1.54) is 42.5 Å². The Kier molecular flexibility index (Phi) is 7.35. The number of phenolic OH excluding ortho intramolecular Hbond substituents is 1. The number of ether oxygens (including phenoxy) is 6. The van der Waals surface area contributed by atoms with Gasteiger partial charge in [0, 0.05) is 29.5 Å². The Hall–Kier alpha value is -3.33. The molecule has 0 bridgehead atoms. The number of rotatable bonds is 6. The first-order valence-electron chi connectivity index (χ1n) is 10.8. The predicted molar refractivity (Wildman–Crippen MR) is 124 cm³/mol. The second-order valence-corrected chi connectivity index (χ2v) is 8.23. The number of aliphatic hydroxyl groups is 1. The fraction of sp³-hybridized carbons (Fsp3) is 0.480. The summed E-state index contributed by atoms with van der Waals surface area (Å²) in [7, 11) is 7.26. The van der Waals surface area contributed by atoms with Crippen LogP contribution in [0.3, 0.4) is 0 Å². The molecule has 34 heavy (non-hydrogen) atoms. The standard InChI is InChI=1S/C25H32O9/c1-11-12(2)22(34-13(3)26)15-10-17(30-5)24(32-7)25(33-8)19(15)18-14(20(11)27)9-16(29-4)23(31-6)21(18)28/h9-12,20,22,27-28H,1-8H3/t11-,12-,20+,22-/m1/s1. The van der Waals surface area contributed by atoms with Crippen molar-refractivity contribution >= 4 is 5.97 Å². The van der Waals surface area contributed by atoms with E-state index in [0.717, 1.165) is 0 Å². The average Bonchev–Trinajstić information content (AvgIpc) is 2.83. The van der Waals surface area contributed by atoms with E-state index in [-0.39, 0.29) is 46.1 Å². The molecule has 1 aliphatic rings. The normalized spacial score (nSPS) is 21.3. The fourth-order valence-corrected chi connectivity index (χ4v) is 4.63. The van der Waals surface area contributed by atoms with Crippen molar-refractivity contribution in [1.82, 2.24) is 0 Å². The van der Waals surface area contributed by atoms with Crippen LogP contribution in [0.15, 0.2) is 12.1 Å². The maximum Gasteiger partial charge on any atom is 0.303 e. The van der Waals surface area contributed by atoms with Crippen LogP contribution >= 0.6 is 0 Å². The number of phenols is 1. The van der Waals surface area contributed by atoms with Crippen LogP contribution in [0.5, 0.6) is 34.5 Å². The Balaban J connectivity index is 2.60. The molecule has 0 aliphatic heterocycles. The van der Waals surface area contributed by atoms with Crippen LogP contribution in [-0.2, 0) is 9.53 Å². The quantitative estimate of drug-likeness (QED) is 0.597. The number of methoxy groups -OCH3 is 5. The second kappa shape index (κ2) is 9.89. The van der Waals surface area contributed by atoms with Gasteiger partial charge in [-0.15, -0.1) is 0 Å². The number of aliphatic hydroxyl groups excluding tert-OH is 1. The number of benzene rings is 2. The minimum atomic E-state index is -1.04. The van der Waals surface area contributed by atoms with E-state index in [2.05, 4.69) is 0 Å². The molecule has 0 amide bonds. The summed E-state index contributed by atoms with van der Waals surface area (Å²) in [4.78, 5) is 12.1. The van der Waals surface area contributed by atoms with E-state index < -0.39 is 18.2 Å². The van der Waals surface area contributed by atoms with E-state index >= 15 is 0 Å². The van der Waals surface area contributed by atoms with Gasteiger partial charge in [-0.3, -0.25) is 4.79 Å². The highest BCUT2D eigenvalue weighted by Gasteiger charge is 2.41. The minimum Gasteiger partial charge on any atom is -0.504 e. The Labute approximate surface area is 199 Å². The monoisotopic (exact) mass is 476 g/mol. The molecule has 4 atom stereocenters. The van der Waals surface area contributed by atoms with Gasteiger partial charge in [0.25, 0.3) is 0 Å². The predicted octanol–water partition coefficient (Wildman–Crippen LogP) is 4.03. The summed E-state index contributed by atoms with van der Waals surface area (Å²) in [5.74, 6) is -0.235. The molecular formula is C25H32O9. The summed E-state index contributed by atoms with van der Waals surface area (Å²) in [5.41, 5.74) is 1.58. The Morgan fingerprint density at radius 2 is 1.29 bits per heavy atom. The summed E-state index contributed by atoms with van der Waals surface area (Å²) < 4.78 is 33.5. The molecule has 2 aromatic carbocycles. The summed E-state index contributed by atoms with van der Waals surface area (Å²) in [6.45, 7) is 5.07. The zero-order valence-corrected chi connectivity index (χ0v) is 20.7. The van der Waals surface area contributed by atoms with Crippen LogP contribution in [0.25, 0.3) is 11.1 Å². The number of carbonyl (C=O) groups excluding carboxylic acids is 1. The van der Waals surface area contributed by atoms with Gasteiger partial charge < -0.3 is 38.6 Å².